The molecule has 0 N–H and O–H groups in total. The third-order valence-corrected chi connectivity index (χ3v) is 8.74. The average Bonchev–Trinajstić information content (AvgIpc) is 3.15. The molecule has 0 bridgehead atoms. The largest absolute Gasteiger partial charge is 0.483 e. The number of fused-ring (bicyclic) bond motifs is 3. The van der Waals surface area contributed by atoms with Crippen molar-refractivity contribution < 1.29 is 19.1 Å². The molecule has 0 aliphatic carbocycles. The fraction of sp³-hybridized carbons (Fsp3) is 0.219. The predicted molar refractivity (Wildman–Crippen MR) is 153 cm³/mol. The summed E-state index contributed by atoms with van der Waals surface area (Å²) in [5, 5.41) is 0. The van der Waals surface area contributed by atoms with Gasteiger partial charge in [-0.1, -0.05) is 72.8 Å². The van der Waals surface area contributed by atoms with E-state index in [0.717, 1.165) is 22.4 Å². The minimum atomic E-state index is -0.771. The number of hydrogen-bond acceptors (Lipinski definition) is 6. The number of thioether (sulfide) groups is 1. The number of aromatic nitrogens is 1. The number of rotatable bonds is 5. The predicted octanol–water partition coefficient (Wildman–Crippen LogP) is 5.28. The fourth-order valence-electron chi connectivity index (χ4n) is 5.67. The van der Waals surface area contributed by atoms with E-state index in [2.05, 4.69) is 24.3 Å². The summed E-state index contributed by atoms with van der Waals surface area (Å²) in [6.07, 6.45) is 1.48. The summed E-state index contributed by atoms with van der Waals surface area (Å²) < 4.78 is 12.8. The first-order valence-corrected chi connectivity index (χ1v) is 14.1. The molecule has 2 aliphatic heterocycles. The average molecular weight is 553 g/mol. The summed E-state index contributed by atoms with van der Waals surface area (Å²) >= 11 is 1.79. The zero-order valence-corrected chi connectivity index (χ0v) is 23.0. The number of hydrogen-bond donors (Lipinski definition) is 0. The Morgan fingerprint density at radius 1 is 0.950 bits per heavy atom. The Morgan fingerprint density at radius 2 is 1.65 bits per heavy atom. The second-order valence-electron chi connectivity index (χ2n) is 9.98. The first-order valence-electron chi connectivity index (χ1n) is 13.1. The lowest BCUT2D eigenvalue weighted by Gasteiger charge is -2.40. The Hall–Kier alpha value is -4.30. The van der Waals surface area contributed by atoms with E-state index in [4.69, 9.17) is 9.47 Å². The molecule has 1 aromatic heterocycles. The van der Waals surface area contributed by atoms with Gasteiger partial charge >= 0.3 is 5.97 Å². The minimum Gasteiger partial charge on any atom is -0.483 e. The van der Waals surface area contributed by atoms with Crippen molar-refractivity contribution >= 4 is 23.6 Å². The molecule has 7 nitrogen and oxygen atoms in total. The molecule has 8 heteroatoms. The number of ether oxygens (including phenoxy) is 2. The smallest absolute Gasteiger partial charge is 0.343 e. The maximum absolute atomic E-state index is 13.7. The Labute approximate surface area is 236 Å². The van der Waals surface area contributed by atoms with Gasteiger partial charge in [0.05, 0.1) is 13.2 Å². The van der Waals surface area contributed by atoms with Crippen molar-refractivity contribution in [1.82, 2.24) is 9.47 Å². The van der Waals surface area contributed by atoms with Crippen molar-refractivity contribution in [1.29, 1.82) is 0 Å². The van der Waals surface area contributed by atoms with Crippen LogP contribution in [-0.4, -0.2) is 42.0 Å². The maximum atomic E-state index is 13.7. The van der Waals surface area contributed by atoms with Crippen molar-refractivity contribution in [2.24, 2.45) is 0 Å². The number of nitrogens with zero attached hydrogens (tertiary/aromatic N) is 2. The number of carbonyl (C=O) groups is 2. The number of likely N-dealkylation sites (N-methyl/N-ethyl adjacent to an activating group) is 1. The molecule has 0 fully saturated rings. The molecule has 40 heavy (non-hydrogen) atoms. The van der Waals surface area contributed by atoms with Crippen molar-refractivity contribution in [3.05, 3.63) is 129 Å². The van der Waals surface area contributed by atoms with Gasteiger partial charge < -0.3 is 18.9 Å². The van der Waals surface area contributed by atoms with E-state index in [-0.39, 0.29) is 41.5 Å². The van der Waals surface area contributed by atoms with Gasteiger partial charge in [0.1, 0.15) is 12.2 Å². The van der Waals surface area contributed by atoms with Crippen LogP contribution in [0.2, 0.25) is 0 Å². The van der Waals surface area contributed by atoms with Crippen LogP contribution in [0.25, 0.3) is 0 Å². The molecular weight excluding hydrogens is 524 g/mol. The van der Waals surface area contributed by atoms with Gasteiger partial charge in [0, 0.05) is 36.4 Å². The van der Waals surface area contributed by atoms with E-state index in [9.17, 15) is 14.4 Å². The summed E-state index contributed by atoms with van der Waals surface area (Å²) in [5.74, 6) is -0.574. The van der Waals surface area contributed by atoms with Crippen LogP contribution in [0.3, 0.4) is 0 Å². The molecule has 2 aliphatic rings. The second-order valence-corrected chi connectivity index (χ2v) is 11.0. The zero-order valence-electron chi connectivity index (χ0n) is 22.2. The Morgan fingerprint density at radius 3 is 2.42 bits per heavy atom. The molecule has 2 atom stereocenters. The van der Waals surface area contributed by atoms with E-state index in [1.54, 1.807) is 28.3 Å². The van der Waals surface area contributed by atoms with E-state index in [1.165, 1.54) is 23.8 Å². The highest BCUT2D eigenvalue weighted by molar-refractivity contribution is 7.98. The third-order valence-electron chi connectivity index (χ3n) is 7.60. The molecule has 0 saturated heterocycles. The van der Waals surface area contributed by atoms with Crippen molar-refractivity contribution in [3.63, 3.8) is 0 Å². The van der Waals surface area contributed by atoms with Gasteiger partial charge in [-0.05, 0) is 28.3 Å². The Bertz CT molecular complexity index is 1620. The summed E-state index contributed by atoms with van der Waals surface area (Å²) in [6, 6.07) is 25.7. The number of methoxy groups -OCH3 is 1. The van der Waals surface area contributed by atoms with Crippen LogP contribution >= 0.6 is 11.8 Å². The minimum absolute atomic E-state index is 0.0705. The van der Waals surface area contributed by atoms with Crippen molar-refractivity contribution in [2.45, 2.75) is 29.2 Å². The highest BCUT2D eigenvalue weighted by Gasteiger charge is 2.41. The van der Waals surface area contributed by atoms with Crippen LogP contribution in [-0.2, 0) is 17.1 Å². The third kappa shape index (κ3) is 4.48. The number of carbonyl (C=O) groups excluding carboxylic acids is 2. The van der Waals surface area contributed by atoms with Gasteiger partial charge in [0.15, 0.2) is 11.4 Å². The van der Waals surface area contributed by atoms with E-state index < -0.39 is 11.4 Å². The Balaban J connectivity index is 1.59. The van der Waals surface area contributed by atoms with Gasteiger partial charge in [0.2, 0.25) is 5.43 Å². The molecular formula is C32H28N2O5S. The van der Waals surface area contributed by atoms with Crippen molar-refractivity contribution in [3.8, 4) is 5.75 Å². The molecule has 3 heterocycles. The van der Waals surface area contributed by atoms with Gasteiger partial charge in [-0.3, -0.25) is 9.59 Å². The van der Waals surface area contributed by atoms with Gasteiger partial charge in [0.25, 0.3) is 5.91 Å². The van der Waals surface area contributed by atoms with Crippen LogP contribution in [0.1, 0.15) is 55.1 Å². The van der Waals surface area contributed by atoms with Crippen LogP contribution < -0.4 is 10.2 Å². The van der Waals surface area contributed by atoms with Gasteiger partial charge in [-0.15, -0.1) is 11.8 Å². The van der Waals surface area contributed by atoms with E-state index in [0.29, 0.717) is 6.54 Å². The van der Waals surface area contributed by atoms with E-state index >= 15 is 0 Å². The topological polar surface area (TPSA) is 77.8 Å². The maximum Gasteiger partial charge on any atom is 0.343 e. The quantitative estimate of drug-likeness (QED) is 0.314. The molecule has 0 saturated carbocycles. The van der Waals surface area contributed by atoms with E-state index in [1.807, 2.05) is 54.6 Å². The summed E-state index contributed by atoms with van der Waals surface area (Å²) in [6.45, 7) is 0.451. The standard InChI is InChI=1S/C32H28N2O5S/c1-33-17-25(27-22-13-7-6-12-21(22)19-40-26-15-9-8-14-23(26)27)34-16-24(32(37)38-2)29(35)30(28(34)31(33)36)39-18-20-10-4-3-5-11-20/h3-16,25,27H,17-19H2,1-2H3/t25-,27?/m1/s1. The lowest BCUT2D eigenvalue weighted by Crippen LogP contribution is -2.45. The van der Waals surface area contributed by atoms with Gasteiger partial charge in [-0.25, -0.2) is 4.79 Å². The summed E-state index contributed by atoms with van der Waals surface area (Å²) in [7, 11) is 2.98. The zero-order chi connectivity index (χ0) is 27.8. The van der Waals surface area contributed by atoms with Crippen molar-refractivity contribution in [2.75, 3.05) is 20.7 Å². The molecule has 1 unspecified atom stereocenters. The molecule has 1 amide bonds. The lowest BCUT2D eigenvalue weighted by atomic mass is 9.81. The van der Waals surface area contributed by atoms with Crippen LogP contribution in [0, 0.1) is 0 Å². The highest BCUT2D eigenvalue weighted by atomic mass is 32.2. The number of pyridine rings is 1. The molecule has 3 aromatic carbocycles. The monoisotopic (exact) mass is 552 g/mol. The first-order chi connectivity index (χ1) is 19.5. The lowest BCUT2D eigenvalue weighted by molar-refractivity contribution is 0.0590. The van der Waals surface area contributed by atoms with Gasteiger partial charge in [-0.2, -0.15) is 0 Å². The molecule has 0 spiro atoms. The summed E-state index contributed by atoms with van der Waals surface area (Å²) in [4.78, 5) is 43.0. The normalized spacial score (nSPS) is 17.8. The SMILES string of the molecule is COC(=O)c1cn2c(c(OCc3ccccc3)c1=O)C(=O)N(C)C[C@@H]2C1c2ccccc2CSc2ccccc21. The Kier molecular flexibility index (Phi) is 6.94. The van der Waals surface area contributed by atoms with Crippen LogP contribution in [0.15, 0.2) is 94.7 Å². The molecule has 6 rings (SSSR count). The first kappa shape index (κ1) is 26.0. The molecule has 0 radical (unpaired) electrons. The fourth-order valence-corrected chi connectivity index (χ4v) is 6.78. The number of esters is 1. The summed E-state index contributed by atoms with van der Waals surface area (Å²) in [5.41, 5.74) is 3.66. The number of amides is 1. The number of benzene rings is 3. The highest BCUT2D eigenvalue weighted by Crippen LogP contribution is 2.47. The molecule has 202 valence electrons. The van der Waals surface area contributed by atoms with Crippen LogP contribution in [0.4, 0.5) is 0 Å². The van der Waals surface area contributed by atoms with Crippen LogP contribution in [0.5, 0.6) is 5.75 Å². The second kappa shape index (κ2) is 10.7. The molecule has 4 aromatic rings.